The van der Waals surface area contributed by atoms with Crippen molar-refractivity contribution in [2.24, 2.45) is 11.8 Å². The van der Waals surface area contributed by atoms with Crippen LogP contribution in [0.25, 0.3) is 0 Å². The number of aliphatic hydroxyl groups excluding tert-OH is 1. The lowest BCUT2D eigenvalue weighted by Crippen LogP contribution is -2.41. The van der Waals surface area contributed by atoms with E-state index >= 15 is 0 Å². The Morgan fingerprint density at radius 3 is 2.52 bits per heavy atom. The van der Waals surface area contributed by atoms with Gasteiger partial charge in [-0.3, -0.25) is 9.59 Å². The Bertz CT molecular complexity index is 586. The van der Waals surface area contributed by atoms with E-state index in [1.54, 1.807) is 21.7 Å². The highest BCUT2D eigenvalue weighted by Crippen LogP contribution is 2.25. The number of carbonyl (C=O) groups excluding carboxylic acids is 1. The van der Waals surface area contributed by atoms with E-state index in [2.05, 4.69) is 13.8 Å². The molecule has 1 aliphatic heterocycles. The molecule has 1 unspecified atom stereocenters. The van der Waals surface area contributed by atoms with Crippen molar-refractivity contribution in [3.8, 4) is 0 Å². The molecule has 5 heteroatoms. The van der Waals surface area contributed by atoms with E-state index in [-0.39, 0.29) is 23.5 Å². The van der Waals surface area contributed by atoms with Crippen LogP contribution in [0, 0.1) is 11.8 Å². The lowest BCUT2D eigenvalue weighted by atomic mass is 9.87. The molecule has 1 aliphatic rings. The molecule has 1 saturated heterocycles. The second kappa shape index (κ2) is 7.77. The number of aromatic nitrogens is 1. The van der Waals surface area contributed by atoms with Gasteiger partial charge in [-0.25, -0.2) is 0 Å². The van der Waals surface area contributed by atoms with Gasteiger partial charge < -0.3 is 14.6 Å². The van der Waals surface area contributed by atoms with Gasteiger partial charge in [0.05, 0.1) is 6.10 Å². The molecule has 0 bridgehead atoms. The Kier molecular flexibility index (Phi) is 5.99. The normalized spacial score (nSPS) is 17.5. The minimum atomic E-state index is -0.277. The molecule has 2 heterocycles. The van der Waals surface area contributed by atoms with Gasteiger partial charge >= 0.3 is 0 Å². The number of nitrogens with zero attached hydrogens (tertiary/aromatic N) is 2. The van der Waals surface area contributed by atoms with Gasteiger partial charge in [-0.15, -0.1) is 0 Å². The standard InChI is InChI=1S/C18H28N2O3/c1-4-19-8-7-15(12-17(19)22)18(23)20-9-5-14(6-10-20)16(21)11-13(2)3/h7-8,12-14,16,21H,4-6,9-11H2,1-3H3. The van der Waals surface area contributed by atoms with Gasteiger partial charge in [0.15, 0.2) is 0 Å². The molecular formula is C18H28N2O3. The van der Waals surface area contributed by atoms with Crippen LogP contribution in [-0.4, -0.2) is 39.7 Å². The van der Waals surface area contributed by atoms with E-state index < -0.39 is 0 Å². The third-order valence-corrected chi connectivity index (χ3v) is 4.67. The molecular weight excluding hydrogens is 292 g/mol. The third-order valence-electron chi connectivity index (χ3n) is 4.67. The highest BCUT2D eigenvalue weighted by Gasteiger charge is 2.28. The first-order valence-corrected chi connectivity index (χ1v) is 8.60. The van der Waals surface area contributed by atoms with Crippen molar-refractivity contribution in [3.05, 3.63) is 34.2 Å². The minimum Gasteiger partial charge on any atom is -0.393 e. The van der Waals surface area contributed by atoms with Crippen molar-refractivity contribution in [1.29, 1.82) is 0 Å². The second-order valence-electron chi connectivity index (χ2n) is 6.87. The van der Waals surface area contributed by atoms with E-state index in [1.165, 1.54) is 6.07 Å². The summed E-state index contributed by atoms with van der Waals surface area (Å²) in [7, 11) is 0. The lowest BCUT2D eigenvalue weighted by Gasteiger charge is -2.34. The van der Waals surface area contributed by atoms with Crippen LogP contribution in [0.15, 0.2) is 23.1 Å². The van der Waals surface area contributed by atoms with Crippen LogP contribution in [0.5, 0.6) is 0 Å². The van der Waals surface area contributed by atoms with Gasteiger partial charge in [-0.05, 0) is 44.1 Å². The Labute approximate surface area is 137 Å². The van der Waals surface area contributed by atoms with Gasteiger partial charge in [-0.2, -0.15) is 0 Å². The summed E-state index contributed by atoms with van der Waals surface area (Å²) in [4.78, 5) is 26.2. The molecule has 1 amide bonds. The monoisotopic (exact) mass is 320 g/mol. The average Bonchev–Trinajstić information content (AvgIpc) is 2.53. The molecule has 0 saturated carbocycles. The molecule has 5 nitrogen and oxygen atoms in total. The number of hydrogen-bond acceptors (Lipinski definition) is 3. The van der Waals surface area contributed by atoms with Crippen molar-refractivity contribution in [1.82, 2.24) is 9.47 Å². The number of amides is 1. The predicted octanol–water partition coefficient (Wildman–Crippen LogP) is 2.13. The maximum Gasteiger partial charge on any atom is 0.254 e. The average molecular weight is 320 g/mol. The number of hydrogen-bond donors (Lipinski definition) is 1. The van der Waals surface area contributed by atoms with Crippen LogP contribution in [0.2, 0.25) is 0 Å². The van der Waals surface area contributed by atoms with Crippen LogP contribution in [0.3, 0.4) is 0 Å². The Morgan fingerprint density at radius 2 is 2.00 bits per heavy atom. The molecule has 1 fully saturated rings. The molecule has 1 aromatic heterocycles. The summed E-state index contributed by atoms with van der Waals surface area (Å²) in [6, 6.07) is 3.14. The summed E-state index contributed by atoms with van der Waals surface area (Å²) >= 11 is 0. The maximum atomic E-state index is 12.5. The summed E-state index contributed by atoms with van der Waals surface area (Å²) in [5.41, 5.74) is 0.321. The Hall–Kier alpha value is -1.62. The van der Waals surface area contributed by atoms with Gasteiger partial charge in [0.2, 0.25) is 0 Å². The minimum absolute atomic E-state index is 0.0813. The number of pyridine rings is 1. The topological polar surface area (TPSA) is 62.5 Å². The van der Waals surface area contributed by atoms with E-state index in [0.717, 1.165) is 19.3 Å². The number of rotatable bonds is 5. The molecule has 0 radical (unpaired) electrons. The van der Waals surface area contributed by atoms with Gasteiger partial charge in [0.1, 0.15) is 0 Å². The van der Waals surface area contributed by atoms with Crippen LogP contribution in [0.4, 0.5) is 0 Å². The fourth-order valence-corrected chi connectivity index (χ4v) is 3.25. The first-order chi connectivity index (χ1) is 10.9. The maximum absolute atomic E-state index is 12.5. The van der Waals surface area contributed by atoms with Crippen LogP contribution in [-0.2, 0) is 6.54 Å². The van der Waals surface area contributed by atoms with Crippen LogP contribution < -0.4 is 5.56 Å². The number of piperidine rings is 1. The predicted molar refractivity (Wildman–Crippen MR) is 90.5 cm³/mol. The highest BCUT2D eigenvalue weighted by molar-refractivity contribution is 5.94. The van der Waals surface area contributed by atoms with Crippen molar-refractivity contribution >= 4 is 5.91 Å². The van der Waals surface area contributed by atoms with Crippen LogP contribution in [0.1, 0.15) is 50.4 Å². The van der Waals surface area contributed by atoms with Crippen molar-refractivity contribution in [2.45, 2.75) is 52.7 Å². The summed E-state index contributed by atoms with van der Waals surface area (Å²) in [6.45, 7) is 8.02. The molecule has 1 atom stereocenters. The third kappa shape index (κ3) is 4.44. The zero-order chi connectivity index (χ0) is 17.0. The van der Waals surface area contributed by atoms with Crippen molar-refractivity contribution < 1.29 is 9.90 Å². The fraction of sp³-hybridized carbons (Fsp3) is 0.667. The molecule has 0 aliphatic carbocycles. The summed E-state index contributed by atoms with van der Waals surface area (Å²) in [6.07, 6.45) is 3.86. The first kappa shape index (κ1) is 17.7. The van der Waals surface area contributed by atoms with Crippen LogP contribution >= 0.6 is 0 Å². The van der Waals surface area contributed by atoms with E-state index in [9.17, 15) is 14.7 Å². The smallest absolute Gasteiger partial charge is 0.254 e. The molecule has 0 aromatic carbocycles. The Morgan fingerprint density at radius 1 is 1.35 bits per heavy atom. The summed E-state index contributed by atoms with van der Waals surface area (Å²) in [5.74, 6) is 0.673. The van der Waals surface area contributed by atoms with E-state index in [1.807, 2.05) is 6.92 Å². The number of carbonyl (C=O) groups is 1. The van der Waals surface area contributed by atoms with Gasteiger partial charge in [0.25, 0.3) is 11.5 Å². The SMILES string of the molecule is CCn1ccc(C(=O)N2CCC(C(O)CC(C)C)CC2)cc1=O. The lowest BCUT2D eigenvalue weighted by molar-refractivity contribution is 0.0385. The number of aryl methyl sites for hydroxylation is 1. The largest absolute Gasteiger partial charge is 0.393 e. The zero-order valence-electron chi connectivity index (χ0n) is 14.4. The Balaban J connectivity index is 1.96. The number of likely N-dealkylation sites (tertiary alicyclic amines) is 1. The highest BCUT2D eigenvalue weighted by atomic mass is 16.3. The first-order valence-electron chi connectivity index (χ1n) is 8.60. The van der Waals surface area contributed by atoms with Crippen molar-refractivity contribution in [3.63, 3.8) is 0 Å². The molecule has 1 N–H and O–H groups in total. The summed E-state index contributed by atoms with van der Waals surface area (Å²) in [5, 5.41) is 10.2. The molecule has 2 rings (SSSR count). The summed E-state index contributed by atoms with van der Waals surface area (Å²) < 4.78 is 1.57. The molecule has 23 heavy (non-hydrogen) atoms. The fourth-order valence-electron chi connectivity index (χ4n) is 3.25. The second-order valence-corrected chi connectivity index (χ2v) is 6.87. The molecule has 128 valence electrons. The van der Waals surface area contributed by atoms with Gasteiger partial charge in [0, 0.05) is 37.5 Å². The molecule has 0 spiro atoms. The zero-order valence-corrected chi connectivity index (χ0v) is 14.4. The quantitative estimate of drug-likeness (QED) is 0.904. The number of aliphatic hydroxyl groups is 1. The van der Waals surface area contributed by atoms with E-state index in [4.69, 9.17) is 0 Å². The molecule has 1 aromatic rings. The van der Waals surface area contributed by atoms with E-state index in [0.29, 0.717) is 31.1 Å². The van der Waals surface area contributed by atoms with Gasteiger partial charge in [-0.1, -0.05) is 13.8 Å². The van der Waals surface area contributed by atoms with Crippen molar-refractivity contribution in [2.75, 3.05) is 13.1 Å².